The van der Waals surface area contributed by atoms with Gasteiger partial charge in [-0.3, -0.25) is 0 Å². The third-order valence-corrected chi connectivity index (χ3v) is 4.13. The van der Waals surface area contributed by atoms with Crippen molar-refractivity contribution in [3.8, 4) is 0 Å². The number of aryl methyl sites for hydroxylation is 1. The van der Waals surface area contributed by atoms with Crippen molar-refractivity contribution in [2.45, 2.75) is 16.2 Å². The molecule has 0 saturated carbocycles. The second-order valence-corrected chi connectivity index (χ2v) is 5.43. The summed E-state index contributed by atoms with van der Waals surface area (Å²) in [5.74, 6) is -0.907. The smallest absolute Gasteiger partial charge is 0.347 e. The molecule has 0 unspecified atom stereocenters. The number of carboxylic acid groups (broad SMARTS) is 1. The molecule has 5 heteroatoms. The number of hydrogen-bond donors (Lipinski definition) is 1. The van der Waals surface area contributed by atoms with Gasteiger partial charge in [-0.05, 0) is 19.1 Å². The monoisotopic (exact) mass is 251 g/mol. The highest BCUT2D eigenvalue weighted by atomic mass is 32.2. The molecule has 16 heavy (non-hydrogen) atoms. The van der Waals surface area contributed by atoms with Crippen molar-refractivity contribution in [2.24, 2.45) is 0 Å². The first-order valence-corrected chi connectivity index (χ1v) is 6.24. The largest absolute Gasteiger partial charge is 0.477 e. The van der Waals surface area contributed by atoms with E-state index in [0.717, 1.165) is 9.24 Å². The average Bonchev–Trinajstić information content (AvgIpc) is 2.61. The summed E-state index contributed by atoms with van der Waals surface area (Å²) in [6.07, 6.45) is 0. The Labute approximate surface area is 101 Å². The van der Waals surface area contributed by atoms with Gasteiger partial charge in [0.05, 0.1) is 5.69 Å². The fraction of sp³-hybridized carbons (Fsp3) is 0.0909. The number of carbonyl (C=O) groups is 1. The molecule has 0 aliphatic heterocycles. The molecule has 0 amide bonds. The summed E-state index contributed by atoms with van der Waals surface area (Å²) in [6.45, 7) is 1.72. The fourth-order valence-corrected chi connectivity index (χ4v) is 3.22. The molecule has 0 bridgehead atoms. The lowest BCUT2D eigenvalue weighted by atomic mass is 10.4. The Kier molecular flexibility index (Phi) is 3.26. The summed E-state index contributed by atoms with van der Waals surface area (Å²) in [7, 11) is 0. The van der Waals surface area contributed by atoms with Gasteiger partial charge >= 0.3 is 5.97 Å². The molecule has 0 aliphatic rings. The van der Waals surface area contributed by atoms with Crippen molar-refractivity contribution in [2.75, 3.05) is 0 Å². The van der Waals surface area contributed by atoms with Crippen molar-refractivity contribution in [3.05, 3.63) is 40.9 Å². The molecule has 1 heterocycles. The summed E-state index contributed by atoms with van der Waals surface area (Å²) < 4.78 is 0.765. The van der Waals surface area contributed by atoms with Crippen LogP contribution in [-0.2, 0) is 0 Å². The number of aromatic nitrogens is 1. The summed E-state index contributed by atoms with van der Waals surface area (Å²) in [5.41, 5.74) is 0.580. The number of aromatic carboxylic acids is 1. The Morgan fingerprint density at radius 2 is 2.06 bits per heavy atom. The number of benzene rings is 1. The van der Waals surface area contributed by atoms with E-state index < -0.39 is 5.97 Å². The summed E-state index contributed by atoms with van der Waals surface area (Å²) in [5, 5.41) is 8.91. The van der Waals surface area contributed by atoms with Crippen LogP contribution in [0.15, 0.2) is 39.6 Å². The molecule has 0 fully saturated rings. The van der Waals surface area contributed by atoms with Gasteiger partial charge in [0.1, 0.15) is 4.88 Å². The Bertz CT molecular complexity index is 508. The lowest BCUT2D eigenvalue weighted by molar-refractivity contribution is 0.0701. The van der Waals surface area contributed by atoms with Gasteiger partial charge in [-0.1, -0.05) is 30.0 Å². The number of hydrogen-bond acceptors (Lipinski definition) is 4. The molecule has 0 spiro atoms. The van der Waals surface area contributed by atoms with Crippen LogP contribution in [-0.4, -0.2) is 16.1 Å². The van der Waals surface area contributed by atoms with Crippen molar-refractivity contribution in [1.82, 2.24) is 4.98 Å². The topological polar surface area (TPSA) is 50.2 Å². The zero-order valence-electron chi connectivity index (χ0n) is 8.51. The molecule has 1 aromatic heterocycles. The Morgan fingerprint density at radius 3 is 2.62 bits per heavy atom. The summed E-state index contributed by atoms with van der Waals surface area (Å²) >= 11 is 2.70. The van der Waals surface area contributed by atoms with Gasteiger partial charge in [0.2, 0.25) is 0 Å². The van der Waals surface area contributed by atoms with E-state index in [9.17, 15) is 4.79 Å². The second-order valence-electron chi connectivity index (χ2n) is 3.11. The third kappa shape index (κ3) is 2.43. The van der Waals surface area contributed by atoms with Crippen molar-refractivity contribution < 1.29 is 9.90 Å². The number of thiazole rings is 1. The SMILES string of the molecule is Cc1nc(Sc2ccccc2)sc1C(=O)O. The fourth-order valence-electron chi connectivity index (χ4n) is 1.20. The van der Waals surface area contributed by atoms with Gasteiger partial charge < -0.3 is 5.11 Å². The Morgan fingerprint density at radius 1 is 1.38 bits per heavy atom. The van der Waals surface area contributed by atoms with Gasteiger partial charge in [0.25, 0.3) is 0 Å². The predicted octanol–water partition coefficient (Wildman–Crippen LogP) is 3.30. The quantitative estimate of drug-likeness (QED) is 0.909. The molecule has 2 aromatic rings. The van der Waals surface area contributed by atoms with Crippen LogP contribution >= 0.6 is 23.1 Å². The second kappa shape index (κ2) is 4.67. The van der Waals surface area contributed by atoms with Crippen LogP contribution in [0, 0.1) is 6.92 Å². The van der Waals surface area contributed by atoms with Crippen LogP contribution in [0.4, 0.5) is 0 Å². The first kappa shape index (κ1) is 11.2. The lowest BCUT2D eigenvalue weighted by Crippen LogP contribution is -1.94. The van der Waals surface area contributed by atoms with E-state index in [1.807, 2.05) is 30.3 Å². The zero-order chi connectivity index (χ0) is 11.5. The van der Waals surface area contributed by atoms with E-state index >= 15 is 0 Å². The highest BCUT2D eigenvalue weighted by molar-refractivity contribution is 8.01. The minimum atomic E-state index is -0.907. The van der Waals surface area contributed by atoms with Gasteiger partial charge in [-0.15, -0.1) is 11.3 Å². The standard InChI is InChI=1S/C11H9NO2S2/c1-7-9(10(13)14)16-11(12-7)15-8-5-3-2-4-6-8/h2-6H,1H3,(H,13,14). The number of nitrogens with zero attached hydrogens (tertiary/aromatic N) is 1. The van der Waals surface area contributed by atoms with Crippen LogP contribution in [0.3, 0.4) is 0 Å². The van der Waals surface area contributed by atoms with Crippen LogP contribution < -0.4 is 0 Å². The molecule has 0 saturated heterocycles. The predicted molar refractivity (Wildman–Crippen MR) is 64.4 cm³/mol. The van der Waals surface area contributed by atoms with E-state index in [2.05, 4.69) is 4.98 Å². The minimum Gasteiger partial charge on any atom is -0.477 e. The Hall–Kier alpha value is -1.33. The van der Waals surface area contributed by atoms with Crippen LogP contribution in [0.1, 0.15) is 15.4 Å². The molecule has 1 aromatic carbocycles. The van der Waals surface area contributed by atoms with Crippen LogP contribution in [0.5, 0.6) is 0 Å². The van der Waals surface area contributed by atoms with Crippen molar-refractivity contribution >= 4 is 29.1 Å². The van der Waals surface area contributed by atoms with E-state index in [-0.39, 0.29) is 0 Å². The summed E-state index contributed by atoms with van der Waals surface area (Å²) in [6, 6.07) is 9.78. The van der Waals surface area contributed by atoms with Crippen molar-refractivity contribution in [3.63, 3.8) is 0 Å². The molecule has 3 nitrogen and oxygen atoms in total. The van der Waals surface area contributed by atoms with Gasteiger partial charge in [-0.2, -0.15) is 0 Å². The van der Waals surface area contributed by atoms with Crippen molar-refractivity contribution in [1.29, 1.82) is 0 Å². The molecule has 2 rings (SSSR count). The normalized spacial score (nSPS) is 10.3. The highest BCUT2D eigenvalue weighted by Crippen LogP contribution is 2.32. The molecular weight excluding hydrogens is 242 g/mol. The van der Waals surface area contributed by atoms with E-state index in [4.69, 9.17) is 5.11 Å². The Balaban J connectivity index is 2.23. The van der Waals surface area contributed by atoms with Crippen LogP contribution in [0.25, 0.3) is 0 Å². The molecule has 0 atom stereocenters. The molecular formula is C11H9NO2S2. The van der Waals surface area contributed by atoms with Gasteiger partial charge in [0, 0.05) is 4.90 Å². The highest BCUT2D eigenvalue weighted by Gasteiger charge is 2.14. The average molecular weight is 251 g/mol. The third-order valence-electron chi connectivity index (χ3n) is 1.92. The van der Waals surface area contributed by atoms with E-state index in [1.54, 1.807) is 6.92 Å². The van der Waals surface area contributed by atoms with E-state index in [0.29, 0.717) is 10.6 Å². The summed E-state index contributed by atoms with van der Waals surface area (Å²) in [4.78, 5) is 16.5. The number of rotatable bonds is 3. The maximum absolute atomic E-state index is 10.8. The lowest BCUT2D eigenvalue weighted by Gasteiger charge is -1.94. The molecule has 82 valence electrons. The number of carboxylic acids is 1. The first-order valence-electron chi connectivity index (χ1n) is 4.60. The maximum atomic E-state index is 10.8. The minimum absolute atomic E-state index is 0.318. The first-order chi connectivity index (χ1) is 7.66. The van der Waals surface area contributed by atoms with E-state index in [1.165, 1.54) is 23.1 Å². The molecule has 0 radical (unpaired) electrons. The zero-order valence-corrected chi connectivity index (χ0v) is 10.1. The van der Waals surface area contributed by atoms with Gasteiger partial charge in [0.15, 0.2) is 4.34 Å². The van der Waals surface area contributed by atoms with Crippen LogP contribution in [0.2, 0.25) is 0 Å². The van der Waals surface area contributed by atoms with Gasteiger partial charge in [-0.25, -0.2) is 9.78 Å². The molecule has 1 N–H and O–H groups in total. The maximum Gasteiger partial charge on any atom is 0.347 e. The molecule has 0 aliphatic carbocycles.